The Morgan fingerprint density at radius 3 is 2.50 bits per heavy atom. The predicted octanol–water partition coefficient (Wildman–Crippen LogP) is 1.15. The van der Waals surface area contributed by atoms with Gasteiger partial charge in [0.2, 0.25) is 15.9 Å². The standard InChI is InChI=1S/C13H19FN2O3S/c1-3-9(2)12(13(15)17)16-20(18,19)8-10-6-4-5-7-11(10)14/h4-7,9,12,16H,3,8H2,1-2H3,(H2,15,17)/t9-,12+/m1/s1. The van der Waals surface area contributed by atoms with Gasteiger partial charge < -0.3 is 5.73 Å². The number of amides is 1. The van der Waals surface area contributed by atoms with Crippen molar-refractivity contribution in [2.24, 2.45) is 11.7 Å². The Balaban J connectivity index is 2.89. The van der Waals surface area contributed by atoms with Crippen molar-refractivity contribution in [1.82, 2.24) is 4.72 Å². The summed E-state index contributed by atoms with van der Waals surface area (Å²) in [5.74, 6) is -2.10. The van der Waals surface area contributed by atoms with Crippen molar-refractivity contribution >= 4 is 15.9 Å². The lowest BCUT2D eigenvalue weighted by molar-refractivity contribution is -0.120. The van der Waals surface area contributed by atoms with Gasteiger partial charge in [-0.2, -0.15) is 0 Å². The molecule has 0 aliphatic rings. The van der Waals surface area contributed by atoms with Gasteiger partial charge >= 0.3 is 0 Å². The van der Waals surface area contributed by atoms with Crippen LogP contribution in [0.3, 0.4) is 0 Å². The van der Waals surface area contributed by atoms with Crippen LogP contribution in [0.1, 0.15) is 25.8 Å². The quantitative estimate of drug-likeness (QED) is 0.791. The highest BCUT2D eigenvalue weighted by molar-refractivity contribution is 7.88. The summed E-state index contributed by atoms with van der Waals surface area (Å²) >= 11 is 0. The van der Waals surface area contributed by atoms with E-state index in [0.717, 1.165) is 0 Å². The van der Waals surface area contributed by atoms with Crippen LogP contribution in [0, 0.1) is 11.7 Å². The molecular weight excluding hydrogens is 283 g/mol. The van der Waals surface area contributed by atoms with E-state index in [1.807, 2.05) is 6.92 Å². The predicted molar refractivity (Wildman–Crippen MR) is 74.6 cm³/mol. The van der Waals surface area contributed by atoms with Crippen molar-refractivity contribution in [2.45, 2.75) is 32.1 Å². The van der Waals surface area contributed by atoms with Crippen LogP contribution in [0.2, 0.25) is 0 Å². The second kappa shape index (κ2) is 6.81. The topological polar surface area (TPSA) is 89.3 Å². The van der Waals surface area contributed by atoms with Crippen molar-refractivity contribution in [3.05, 3.63) is 35.6 Å². The molecule has 1 rings (SSSR count). The van der Waals surface area contributed by atoms with Crippen molar-refractivity contribution in [3.8, 4) is 0 Å². The lowest BCUT2D eigenvalue weighted by atomic mass is 10.00. The molecule has 0 spiro atoms. The van der Waals surface area contributed by atoms with E-state index in [1.54, 1.807) is 13.0 Å². The van der Waals surface area contributed by atoms with Crippen LogP contribution in [0.5, 0.6) is 0 Å². The molecule has 1 aromatic carbocycles. The molecule has 20 heavy (non-hydrogen) atoms. The number of nitrogens with one attached hydrogen (secondary N) is 1. The molecule has 1 aromatic rings. The molecule has 7 heteroatoms. The number of nitrogens with two attached hydrogens (primary N) is 1. The van der Waals surface area contributed by atoms with E-state index in [9.17, 15) is 17.6 Å². The van der Waals surface area contributed by atoms with Crippen molar-refractivity contribution in [3.63, 3.8) is 0 Å². The molecule has 0 heterocycles. The van der Waals surface area contributed by atoms with Gasteiger partial charge in [-0.1, -0.05) is 38.5 Å². The lowest BCUT2D eigenvalue weighted by Crippen LogP contribution is -2.48. The maximum absolute atomic E-state index is 13.5. The Hall–Kier alpha value is -1.47. The minimum atomic E-state index is -3.85. The van der Waals surface area contributed by atoms with Gasteiger partial charge in [0.05, 0.1) is 5.75 Å². The molecule has 2 atom stereocenters. The van der Waals surface area contributed by atoms with E-state index in [0.29, 0.717) is 6.42 Å². The highest BCUT2D eigenvalue weighted by Crippen LogP contribution is 2.13. The molecular formula is C13H19FN2O3S. The zero-order valence-electron chi connectivity index (χ0n) is 11.5. The first-order valence-electron chi connectivity index (χ1n) is 6.29. The third-order valence-electron chi connectivity index (χ3n) is 3.13. The third-order valence-corrected chi connectivity index (χ3v) is 4.43. The molecule has 3 N–H and O–H groups in total. The van der Waals surface area contributed by atoms with Crippen LogP contribution in [-0.2, 0) is 20.6 Å². The summed E-state index contributed by atoms with van der Waals surface area (Å²) in [6, 6.07) is 4.61. The SMILES string of the molecule is CC[C@@H](C)[C@H](NS(=O)(=O)Cc1ccccc1F)C(N)=O. The maximum atomic E-state index is 13.5. The summed E-state index contributed by atoms with van der Waals surface area (Å²) in [5.41, 5.74) is 5.25. The highest BCUT2D eigenvalue weighted by atomic mass is 32.2. The van der Waals surface area contributed by atoms with Crippen molar-refractivity contribution < 1.29 is 17.6 Å². The average Bonchev–Trinajstić information content (AvgIpc) is 2.37. The highest BCUT2D eigenvalue weighted by Gasteiger charge is 2.27. The molecule has 0 radical (unpaired) electrons. The summed E-state index contributed by atoms with van der Waals surface area (Å²) in [5, 5.41) is 0. The van der Waals surface area contributed by atoms with Crippen molar-refractivity contribution in [1.29, 1.82) is 0 Å². The third kappa shape index (κ3) is 4.57. The van der Waals surface area contributed by atoms with Gasteiger partial charge in [0, 0.05) is 5.56 Å². The first-order valence-corrected chi connectivity index (χ1v) is 7.94. The largest absolute Gasteiger partial charge is 0.368 e. The zero-order chi connectivity index (χ0) is 15.3. The molecule has 1 amide bonds. The lowest BCUT2D eigenvalue weighted by Gasteiger charge is -2.21. The van der Waals surface area contributed by atoms with Crippen LogP contribution in [0.15, 0.2) is 24.3 Å². The zero-order valence-corrected chi connectivity index (χ0v) is 12.3. The molecule has 5 nitrogen and oxygen atoms in total. The monoisotopic (exact) mass is 302 g/mol. The summed E-state index contributed by atoms with van der Waals surface area (Å²) in [6.45, 7) is 3.55. The Labute approximate surface area is 118 Å². The summed E-state index contributed by atoms with van der Waals surface area (Å²) in [7, 11) is -3.85. The summed E-state index contributed by atoms with van der Waals surface area (Å²) in [4.78, 5) is 11.3. The first-order chi connectivity index (χ1) is 9.26. The molecule has 0 aliphatic carbocycles. The van der Waals surface area contributed by atoms with Gasteiger partial charge in [-0.15, -0.1) is 0 Å². The smallest absolute Gasteiger partial charge is 0.235 e. The van der Waals surface area contributed by atoms with Crippen LogP contribution < -0.4 is 10.5 Å². The number of halogens is 1. The Bertz CT molecular complexity index is 575. The molecule has 0 saturated carbocycles. The fourth-order valence-corrected chi connectivity index (χ4v) is 3.21. The summed E-state index contributed by atoms with van der Waals surface area (Å²) < 4.78 is 39.7. The minimum Gasteiger partial charge on any atom is -0.368 e. The molecule has 0 aliphatic heterocycles. The van der Waals surface area contributed by atoms with Crippen molar-refractivity contribution in [2.75, 3.05) is 0 Å². The first kappa shape index (κ1) is 16.6. The van der Waals surface area contributed by atoms with E-state index in [1.165, 1.54) is 18.2 Å². The van der Waals surface area contributed by atoms with E-state index < -0.39 is 33.5 Å². The van der Waals surface area contributed by atoms with Gasteiger partial charge in [-0.05, 0) is 12.0 Å². The molecule has 0 bridgehead atoms. The molecule has 112 valence electrons. The number of hydrogen-bond acceptors (Lipinski definition) is 3. The Morgan fingerprint density at radius 1 is 1.40 bits per heavy atom. The van der Waals surface area contributed by atoms with Crippen LogP contribution in [-0.4, -0.2) is 20.4 Å². The second-order valence-electron chi connectivity index (χ2n) is 4.73. The van der Waals surface area contributed by atoms with Crippen LogP contribution in [0.25, 0.3) is 0 Å². The molecule has 0 unspecified atom stereocenters. The van der Waals surface area contributed by atoms with Gasteiger partial charge in [0.1, 0.15) is 11.9 Å². The number of carbonyl (C=O) groups excluding carboxylic acids is 1. The average molecular weight is 302 g/mol. The molecule has 0 aromatic heterocycles. The number of rotatable bonds is 7. The number of hydrogen-bond donors (Lipinski definition) is 2. The van der Waals surface area contributed by atoms with E-state index in [4.69, 9.17) is 5.73 Å². The fraction of sp³-hybridized carbons (Fsp3) is 0.462. The number of benzene rings is 1. The normalized spacial score (nSPS) is 14.8. The minimum absolute atomic E-state index is 0.0485. The Morgan fingerprint density at radius 2 is 2.00 bits per heavy atom. The second-order valence-corrected chi connectivity index (χ2v) is 6.49. The fourth-order valence-electron chi connectivity index (χ4n) is 1.75. The van der Waals surface area contributed by atoms with Gasteiger partial charge in [0.15, 0.2) is 0 Å². The molecule has 0 fully saturated rings. The molecule has 0 saturated heterocycles. The van der Waals surface area contributed by atoms with Crippen LogP contribution >= 0.6 is 0 Å². The van der Waals surface area contributed by atoms with Crippen LogP contribution in [0.4, 0.5) is 4.39 Å². The van der Waals surface area contributed by atoms with Gasteiger partial charge in [0.25, 0.3) is 0 Å². The number of carbonyl (C=O) groups is 1. The Kier molecular flexibility index (Phi) is 5.64. The van der Waals surface area contributed by atoms with Gasteiger partial charge in [-0.3, -0.25) is 4.79 Å². The van der Waals surface area contributed by atoms with Gasteiger partial charge in [-0.25, -0.2) is 17.5 Å². The number of sulfonamides is 1. The van der Waals surface area contributed by atoms with E-state index in [-0.39, 0.29) is 11.5 Å². The van der Waals surface area contributed by atoms with E-state index >= 15 is 0 Å². The summed E-state index contributed by atoms with van der Waals surface area (Å²) in [6.07, 6.45) is 0.593. The van der Waals surface area contributed by atoms with E-state index in [2.05, 4.69) is 4.72 Å². The number of primary amides is 1. The maximum Gasteiger partial charge on any atom is 0.235 e.